The molecule has 31 heavy (non-hydrogen) atoms. The summed E-state index contributed by atoms with van der Waals surface area (Å²) in [6, 6.07) is -0.254. The van der Waals surface area contributed by atoms with Gasteiger partial charge in [0.05, 0.1) is 5.76 Å². The van der Waals surface area contributed by atoms with Crippen molar-refractivity contribution in [3.05, 3.63) is 59.3 Å². The second-order valence-corrected chi connectivity index (χ2v) is 10.8. The van der Waals surface area contributed by atoms with Crippen molar-refractivity contribution in [2.75, 3.05) is 6.01 Å². The van der Waals surface area contributed by atoms with Gasteiger partial charge in [-0.25, -0.2) is 4.39 Å². The van der Waals surface area contributed by atoms with Crippen LogP contribution in [0, 0.1) is 34.5 Å². The van der Waals surface area contributed by atoms with Gasteiger partial charge in [0.25, 0.3) is 0 Å². The molecular formula is C28H41FOS. The van der Waals surface area contributed by atoms with Gasteiger partial charge in [-0.3, -0.25) is 0 Å². The van der Waals surface area contributed by atoms with Crippen molar-refractivity contribution in [1.29, 1.82) is 0 Å². The van der Waals surface area contributed by atoms with Crippen molar-refractivity contribution in [3.8, 4) is 0 Å². The lowest BCUT2D eigenvalue weighted by atomic mass is 9.45. The third-order valence-electron chi connectivity index (χ3n) is 8.62. The van der Waals surface area contributed by atoms with Crippen molar-refractivity contribution < 1.29 is 9.50 Å². The molecule has 0 heterocycles. The molecule has 0 amide bonds. The van der Waals surface area contributed by atoms with E-state index < -0.39 is 0 Å². The molecule has 1 spiro atoms. The Bertz CT molecular complexity index is 793. The molecular weight excluding hydrogens is 403 g/mol. The van der Waals surface area contributed by atoms with E-state index >= 15 is 0 Å². The summed E-state index contributed by atoms with van der Waals surface area (Å²) in [6.45, 7) is 15.7. The lowest BCUT2D eigenvalue weighted by Gasteiger charge is -2.59. The summed E-state index contributed by atoms with van der Waals surface area (Å²) >= 11 is 1.46. The molecule has 5 aliphatic rings. The normalized spacial score (nSPS) is 38.9. The Balaban J connectivity index is 0.000000346. The van der Waals surface area contributed by atoms with Crippen LogP contribution < -0.4 is 0 Å². The average Bonchev–Trinajstić information content (AvgIpc) is 3.06. The minimum absolute atomic E-state index is 0.254. The molecule has 5 aliphatic carbocycles. The van der Waals surface area contributed by atoms with Crippen LogP contribution in [0.25, 0.3) is 0 Å². The van der Waals surface area contributed by atoms with E-state index in [1.165, 1.54) is 60.8 Å². The Morgan fingerprint density at radius 1 is 1.23 bits per heavy atom. The Hall–Kier alpha value is -1.22. The van der Waals surface area contributed by atoms with E-state index in [-0.39, 0.29) is 17.2 Å². The standard InChI is InChI=1S/C22H27FS.C4H8O.C2H6/c1-14-7-9-21(2)15(11-14)3-4-16-17(21)8-10-22-12-20(24-13-23)19(22)6-5-18(16)22;1-3-4(2)5;1-2/h7,9,11-12,16-19H,1,3-6,8,10,13H2,2H3;5H,2-3H2,1H3;1-2H3. The zero-order valence-electron chi connectivity index (χ0n) is 19.9. The highest BCUT2D eigenvalue weighted by molar-refractivity contribution is 8.03. The van der Waals surface area contributed by atoms with Crippen LogP contribution in [0.1, 0.15) is 72.6 Å². The largest absolute Gasteiger partial charge is 0.513 e. The maximum Gasteiger partial charge on any atom is 0.139 e. The molecule has 0 saturated heterocycles. The van der Waals surface area contributed by atoms with E-state index in [2.05, 4.69) is 44.4 Å². The molecule has 0 aromatic carbocycles. The Kier molecular flexibility index (Phi) is 7.66. The van der Waals surface area contributed by atoms with Crippen LogP contribution in [0.15, 0.2) is 59.3 Å². The van der Waals surface area contributed by atoms with Gasteiger partial charge in [-0.1, -0.05) is 82.5 Å². The van der Waals surface area contributed by atoms with Crippen LogP contribution in [0.5, 0.6) is 0 Å². The number of fused-ring (bicyclic) bond motifs is 4. The van der Waals surface area contributed by atoms with Crippen molar-refractivity contribution in [3.63, 3.8) is 0 Å². The maximum absolute atomic E-state index is 12.8. The molecule has 0 aromatic rings. The smallest absolute Gasteiger partial charge is 0.139 e. The first-order chi connectivity index (χ1) is 14.9. The number of alkyl halides is 1. The van der Waals surface area contributed by atoms with Crippen molar-refractivity contribution in [1.82, 2.24) is 0 Å². The number of thioether (sulfide) groups is 1. The lowest BCUT2D eigenvalue weighted by Crippen LogP contribution is -2.52. The molecule has 6 unspecified atom stereocenters. The summed E-state index contributed by atoms with van der Waals surface area (Å²) in [6.07, 6.45) is 18.2. The Labute approximate surface area is 193 Å². The molecule has 0 aliphatic heterocycles. The predicted octanol–water partition coefficient (Wildman–Crippen LogP) is 8.93. The van der Waals surface area contributed by atoms with E-state index in [0.29, 0.717) is 17.8 Å². The summed E-state index contributed by atoms with van der Waals surface area (Å²) in [5, 5.41) is 8.17. The van der Waals surface area contributed by atoms with Gasteiger partial charge < -0.3 is 5.11 Å². The fourth-order valence-corrected chi connectivity index (χ4v) is 8.13. The van der Waals surface area contributed by atoms with Crippen molar-refractivity contribution >= 4 is 11.8 Å². The number of hydrogen-bond acceptors (Lipinski definition) is 2. The summed E-state index contributed by atoms with van der Waals surface area (Å²) in [4.78, 5) is 1.37. The van der Waals surface area contributed by atoms with Crippen LogP contribution in [0.4, 0.5) is 4.39 Å². The minimum Gasteiger partial charge on any atom is -0.513 e. The summed E-state index contributed by atoms with van der Waals surface area (Å²) < 4.78 is 12.8. The van der Waals surface area contributed by atoms with Gasteiger partial charge in [-0.2, -0.15) is 0 Å². The third kappa shape index (κ3) is 4.12. The fourth-order valence-electron chi connectivity index (χ4n) is 7.16. The predicted molar refractivity (Wildman–Crippen MR) is 134 cm³/mol. The van der Waals surface area contributed by atoms with Gasteiger partial charge in [0.15, 0.2) is 0 Å². The first-order valence-corrected chi connectivity index (χ1v) is 13.2. The van der Waals surface area contributed by atoms with Gasteiger partial charge in [-0.05, 0) is 78.1 Å². The number of halogens is 1. The van der Waals surface area contributed by atoms with E-state index in [0.717, 1.165) is 17.8 Å². The molecule has 0 aromatic heterocycles. The second-order valence-electron chi connectivity index (χ2n) is 9.78. The maximum atomic E-state index is 12.8. The van der Waals surface area contributed by atoms with Crippen LogP contribution in [0.2, 0.25) is 0 Å². The number of hydrogen-bond donors (Lipinski definition) is 1. The van der Waals surface area contributed by atoms with Crippen LogP contribution in [-0.4, -0.2) is 11.1 Å². The fraction of sp³-hybridized carbons (Fsp3) is 0.643. The van der Waals surface area contributed by atoms with Gasteiger partial charge in [0, 0.05) is 11.8 Å². The highest BCUT2D eigenvalue weighted by atomic mass is 32.2. The minimum atomic E-state index is -0.254. The number of rotatable bonds is 3. The summed E-state index contributed by atoms with van der Waals surface area (Å²) in [5.41, 5.74) is 3.50. The van der Waals surface area contributed by atoms with Gasteiger partial charge in [-0.15, -0.1) is 0 Å². The van der Waals surface area contributed by atoms with Crippen molar-refractivity contribution in [2.45, 2.75) is 72.6 Å². The monoisotopic (exact) mass is 444 g/mol. The molecule has 6 atom stereocenters. The highest BCUT2D eigenvalue weighted by Crippen LogP contribution is 2.72. The first kappa shape index (κ1) is 24.4. The average molecular weight is 445 g/mol. The molecule has 1 N–H and O–H groups in total. The third-order valence-corrected chi connectivity index (χ3v) is 9.47. The summed E-state index contributed by atoms with van der Waals surface area (Å²) in [5.74, 6) is 3.44. The molecule has 5 rings (SSSR count). The van der Waals surface area contributed by atoms with E-state index in [4.69, 9.17) is 5.11 Å². The molecule has 0 bridgehead atoms. The molecule has 172 valence electrons. The Morgan fingerprint density at radius 2 is 1.94 bits per heavy atom. The highest BCUT2D eigenvalue weighted by Gasteiger charge is 2.63. The molecule has 1 nitrogen and oxygen atoms in total. The topological polar surface area (TPSA) is 20.2 Å². The zero-order valence-corrected chi connectivity index (χ0v) is 20.7. The molecule has 3 heteroatoms. The lowest BCUT2D eigenvalue weighted by molar-refractivity contribution is -0.0204. The molecule has 3 fully saturated rings. The number of aliphatic hydroxyl groups excluding tert-OH is 1. The van der Waals surface area contributed by atoms with Gasteiger partial charge >= 0.3 is 0 Å². The summed E-state index contributed by atoms with van der Waals surface area (Å²) in [7, 11) is 0. The van der Waals surface area contributed by atoms with E-state index in [9.17, 15) is 4.39 Å². The quantitative estimate of drug-likeness (QED) is 0.438. The van der Waals surface area contributed by atoms with Crippen LogP contribution >= 0.6 is 11.8 Å². The van der Waals surface area contributed by atoms with E-state index in [1.54, 1.807) is 5.57 Å². The number of aliphatic hydroxyl groups is 1. The van der Waals surface area contributed by atoms with Crippen LogP contribution in [-0.2, 0) is 0 Å². The number of allylic oxidation sites excluding steroid dienone is 8. The van der Waals surface area contributed by atoms with Gasteiger partial charge in [0.1, 0.15) is 6.01 Å². The zero-order chi connectivity index (χ0) is 22.8. The van der Waals surface area contributed by atoms with E-state index in [1.807, 2.05) is 20.8 Å². The Morgan fingerprint density at radius 3 is 2.58 bits per heavy atom. The SMILES string of the molecule is C=C(O)CC.C=C1C=CC2(C)C(=C1)CCC1C2CCC23C=C(SCF)C2CCC13.CC. The van der Waals surface area contributed by atoms with Crippen molar-refractivity contribution in [2.24, 2.45) is 34.5 Å². The molecule has 3 saturated carbocycles. The van der Waals surface area contributed by atoms with Gasteiger partial charge in [0.2, 0.25) is 0 Å². The van der Waals surface area contributed by atoms with Crippen LogP contribution in [0.3, 0.4) is 0 Å². The first-order valence-electron chi connectivity index (χ1n) is 12.2. The molecule has 0 radical (unpaired) electrons. The second kappa shape index (κ2) is 9.73.